The Morgan fingerprint density at radius 1 is 1.09 bits per heavy atom. The van der Waals surface area contributed by atoms with Gasteiger partial charge in [0.2, 0.25) is 0 Å². The molecule has 1 atom stereocenters. The van der Waals surface area contributed by atoms with Crippen LogP contribution in [0, 0.1) is 5.92 Å². The number of Topliss-reactive ketones (excluding diaryl/α,β-unsaturated/α-hetero) is 1. The summed E-state index contributed by atoms with van der Waals surface area (Å²) < 4.78 is 44.2. The average molecular weight is 472 g/mol. The third-order valence-electron chi connectivity index (χ3n) is 6.76. The summed E-state index contributed by atoms with van der Waals surface area (Å²) in [6, 6.07) is 15.3. The van der Waals surface area contributed by atoms with E-state index in [9.17, 15) is 23.1 Å². The number of ether oxygens (including phenoxy) is 1. The summed E-state index contributed by atoms with van der Waals surface area (Å²) in [7, 11) is 0. The number of piperidine rings is 1. The molecular weight excluding hydrogens is 443 g/mol. The van der Waals surface area contributed by atoms with Gasteiger partial charge in [-0.15, -0.1) is 0 Å². The van der Waals surface area contributed by atoms with Crippen molar-refractivity contribution in [2.24, 2.45) is 5.92 Å². The van der Waals surface area contributed by atoms with E-state index in [1.54, 1.807) is 30.3 Å². The van der Waals surface area contributed by atoms with E-state index < -0.39 is 17.3 Å². The van der Waals surface area contributed by atoms with Crippen LogP contribution >= 0.6 is 0 Å². The fraction of sp³-hybridized carbons (Fsp3) is 0.370. The van der Waals surface area contributed by atoms with Crippen molar-refractivity contribution in [1.82, 2.24) is 5.32 Å². The predicted molar refractivity (Wildman–Crippen MR) is 125 cm³/mol. The molecule has 1 fully saturated rings. The van der Waals surface area contributed by atoms with Crippen molar-refractivity contribution in [2.45, 2.75) is 44.4 Å². The Morgan fingerprint density at radius 2 is 1.79 bits per heavy atom. The number of ketones is 1. The molecule has 0 saturated carbocycles. The molecule has 0 bridgehead atoms. The highest BCUT2D eigenvalue weighted by molar-refractivity contribution is 6.01. The van der Waals surface area contributed by atoms with Crippen LogP contribution in [0.1, 0.15) is 48.5 Å². The van der Waals surface area contributed by atoms with E-state index in [4.69, 9.17) is 4.74 Å². The number of aliphatic hydroxyl groups is 1. The number of alkyl halides is 3. The molecule has 1 heterocycles. The number of carbonyl (C=O) groups excluding carboxylic acids is 1. The monoisotopic (exact) mass is 471 g/mol. The van der Waals surface area contributed by atoms with Gasteiger partial charge in [0, 0.05) is 17.4 Å². The van der Waals surface area contributed by atoms with Gasteiger partial charge in [-0.2, -0.15) is 13.2 Å². The second-order valence-corrected chi connectivity index (χ2v) is 9.03. The van der Waals surface area contributed by atoms with Crippen molar-refractivity contribution in [3.63, 3.8) is 0 Å². The zero-order chi connectivity index (χ0) is 24.3. The van der Waals surface area contributed by atoms with Gasteiger partial charge < -0.3 is 15.2 Å². The zero-order valence-electron chi connectivity index (χ0n) is 19.0. The summed E-state index contributed by atoms with van der Waals surface area (Å²) in [4.78, 5) is 12.9. The normalized spacial score (nSPS) is 16.9. The standard InChI is InChI=1S/C27H28F3NO3/c1-18(26(33)13-15-31-16-14-26)5-12-24(32)20-6-11-23-19(17-20)3-2-4-25(23)34-22-9-7-21(8-10-22)27(28,29)30/h2-4,6-11,17-18,31,33H,5,12-16H2,1H3/t18-/m0/s1. The van der Waals surface area contributed by atoms with Gasteiger partial charge in [-0.1, -0.05) is 25.1 Å². The lowest BCUT2D eigenvalue weighted by atomic mass is 9.78. The number of benzene rings is 3. The van der Waals surface area contributed by atoms with E-state index in [1.807, 2.05) is 13.0 Å². The van der Waals surface area contributed by atoms with Crippen molar-refractivity contribution in [2.75, 3.05) is 13.1 Å². The number of fused-ring (bicyclic) bond motifs is 1. The Labute approximate surface area is 196 Å². The van der Waals surface area contributed by atoms with E-state index >= 15 is 0 Å². The van der Waals surface area contributed by atoms with Crippen LogP contribution in [-0.4, -0.2) is 29.6 Å². The first-order valence-electron chi connectivity index (χ1n) is 11.5. The lowest BCUT2D eigenvalue weighted by molar-refractivity contribution is -0.137. The molecule has 4 nitrogen and oxygen atoms in total. The SMILES string of the molecule is C[C@@H](CCC(=O)c1ccc2c(Oc3ccc(C(F)(F)F)cc3)cccc2c1)C1(O)CCNCC1. The minimum Gasteiger partial charge on any atom is -0.457 e. The van der Waals surface area contributed by atoms with Gasteiger partial charge in [0.05, 0.1) is 11.2 Å². The summed E-state index contributed by atoms with van der Waals surface area (Å²) >= 11 is 0. The van der Waals surface area contributed by atoms with Crippen molar-refractivity contribution in [3.8, 4) is 11.5 Å². The number of rotatable bonds is 7. The highest BCUT2D eigenvalue weighted by atomic mass is 19.4. The summed E-state index contributed by atoms with van der Waals surface area (Å²) in [6.07, 6.45) is -2.04. The maximum absolute atomic E-state index is 12.9. The van der Waals surface area contributed by atoms with Crippen molar-refractivity contribution < 1.29 is 27.8 Å². The van der Waals surface area contributed by atoms with E-state index in [2.05, 4.69) is 5.32 Å². The Kier molecular flexibility index (Phi) is 6.96. The number of hydrogen-bond donors (Lipinski definition) is 2. The van der Waals surface area contributed by atoms with Crippen LogP contribution in [0.15, 0.2) is 60.7 Å². The molecule has 0 spiro atoms. The molecule has 1 aliphatic rings. The average Bonchev–Trinajstić information content (AvgIpc) is 2.82. The van der Waals surface area contributed by atoms with Crippen LogP contribution in [0.5, 0.6) is 11.5 Å². The van der Waals surface area contributed by atoms with Gasteiger partial charge in [-0.05, 0) is 86.1 Å². The fourth-order valence-corrected chi connectivity index (χ4v) is 4.47. The minimum atomic E-state index is -4.40. The van der Waals surface area contributed by atoms with Crippen LogP contribution in [0.2, 0.25) is 0 Å². The molecule has 1 saturated heterocycles. The fourth-order valence-electron chi connectivity index (χ4n) is 4.47. The highest BCUT2D eigenvalue weighted by Crippen LogP contribution is 2.34. The van der Waals surface area contributed by atoms with Crippen molar-refractivity contribution in [1.29, 1.82) is 0 Å². The predicted octanol–water partition coefficient (Wildman–Crippen LogP) is 6.36. The minimum absolute atomic E-state index is 0.0142. The molecule has 0 amide bonds. The van der Waals surface area contributed by atoms with Crippen molar-refractivity contribution in [3.05, 3.63) is 71.8 Å². The lowest BCUT2D eigenvalue weighted by Gasteiger charge is -2.37. The van der Waals surface area contributed by atoms with Crippen molar-refractivity contribution >= 4 is 16.6 Å². The number of halogens is 3. The first-order chi connectivity index (χ1) is 16.2. The topological polar surface area (TPSA) is 58.6 Å². The summed E-state index contributed by atoms with van der Waals surface area (Å²) in [5.41, 5.74) is -0.870. The Hall–Kier alpha value is -2.90. The number of carbonyl (C=O) groups is 1. The smallest absolute Gasteiger partial charge is 0.416 e. The molecule has 34 heavy (non-hydrogen) atoms. The zero-order valence-corrected chi connectivity index (χ0v) is 19.0. The van der Waals surface area contributed by atoms with Gasteiger partial charge in [0.1, 0.15) is 11.5 Å². The van der Waals surface area contributed by atoms with E-state index in [1.165, 1.54) is 12.1 Å². The van der Waals surface area contributed by atoms with Gasteiger partial charge in [0.15, 0.2) is 5.78 Å². The van der Waals surface area contributed by atoms with E-state index in [-0.39, 0.29) is 11.7 Å². The Morgan fingerprint density at radius 3 is 2.47 bits per heavy atom. The van der Waals surface area contributed by atoms with E-state index in [0.29, 0.717) is 42.7 Å². The second kappa shape index (κ2) is 9.76. The molecule has 180 valence electrons. The van der Waals surface area contributed by atoms with Crippen LogP contribution in [-0.2, 0) is 6.18 Å². The largest absolute Gasteiger partial charge is 0.457 e. The van der Waals surface area contributed by atoms with E-state index in [0.717, 1.165) is 36.0 Å². The van der Waals surface area contributed by atoms with Gasteiger partial charge in [0.25, 0.3) is 0 Å². The molecule has 3 aromatic rings. The first kappa shape index (κ1) is 24.2. The lowest BCUT2D eigenvalue weighted by Crippen LogP contribution is -2.46. The molecule has 0 aliphatic carbocycles. The van der Waals surface area contributed by atoms with Gasteiger partial charge in [-0.3, -0.25) is 4.79 Å². The Bertz CT molecular complexity index is 1150. The summed E-state index contributed by atoms with van der Waals surface area (Å²) in [6.45, 7) is 3.58. The maximum Gasteiger partial charge on any atom is 0.416 e. The third kappa shape index (κ3) is 5.42. The molecular formula is C27H28F3NO3. The molecule has 0 unspecified atom stereocenters. The Balaban J connectivity index is 1.45. The molecule has 1 aliphatic heterocycles. The third-order valence-corrected chi connectivity index (χ3v) is 6.76. The van der Waals surface area contributed by atoms with Crippen LogP contribution in [0.25, 0.3) is 10.8 Å². The maximum atomic E-state index is 12.9. The summed E-state index contributed by atoms with van der Waals surface area (Å²) in [5, 5.41) is 15.7. The molecule has 0 radical (unpaired) electrons. The molecule has 3 aromatic carbocycles. The summed E-state index contributed by atoms with van der Waals surface area (Å²) in [5.74, 6) is 0.839. The van der Waals surface area contributed by atoms with Gasteiger partial charge in [-0.25, -0.2) is 0 Å². The number of hydrogen-bond acceptors (Lipinski definition) is 4. The highest BCUT2D eigenvalue weighted by Gasteiger charge is 2.35. The molecule has 2 N–H and O–H groups in total. The molecule has 4 rings (SSSR count). The molecule has 0 aromatic heterocycles. The number of nitrogens with one attached hydrogen (secondary N) is 1. The van der Waals surface area contributed by atoms with Crippen LogP contribution < -0.4 is 10.1 Å². The first-order valence-corrected chi connectivity index (χ1v) is 11.5. The second-order valence-electron chi connectivity index (χ2n) is 9.03. The van der Waals surface area contributed by atoms with Crippen LogP contribution in [0.3, 0.4) is 0 Å². The van der Waals surface area contributed by atoms with Crippen LogP contribution in [0.4, 0.5) is 13.2 Å². The quantitative estimate of drug-likeness (QED) is 0.394. The van der Waals surface area contributed by atoms with Gasteiger partial charge >= 0.3 is 6.18 Å². The molecule has 7 heteroatoms.